The van der Waals surface area contributed by atoms with E-state index in [1.807, 2.05) is 4.90 Å². The Bertz CT molecular complexity index is 1050. The molecule has 1 aliphatic carbocycles. The van der Waals surface area contributed by atoms with Crippen molar-refractivity contribution in [2.75, 3.05) is 45.8 Å². The molecule has 0 aromatic heterocycles. The predicted molar refractivity (Wildman–Crippen MR) is 153 cm³/mol. The van der Waals surface area contributed by atoms with Crippen LogP contribution in [0.25, 0.3) is 0 Å². The van der Waals surface area contributed by atoms with Gasteiger partial charge in [0.2, 0.25) is 5.91 Å². The van der Waals surface area contributed by atoms with E-state index in [1.165, 1.54) is 5.56 Å². The minimum atomic E-state index is -0.685. The normalized spacial score (nSPS) is 25.9. The van der Waals surface area contributed by atoms with E-state index < -0.39 is 5.54 Å². The van der Waals surface area contributed by atoms with Crippen molar-refractivity contribution < 1.29 is 14.4 Å². The standard InChI is InChI=1S/C32H48N4O3/c1-23(2)18-36-30(39)35(19-24-11-12-24)29(38)32(36)13-15-33(16-14-32)20-26-21-34(28(37)17-31(3,4)5)22-27(26)25-9-7-6-8-10-25/h6-10,23-24,26-27H,11-22H2,1-5H3. The van der Waals surface area contributed by atoms with Gasteiger partial charge >= 0.3 is 6.03 Å². The SMILES string of the molecule is CC(C)CN1C(=O)N(CC2CC2)C(=O)C12CCN(CC1CN(C(=O)CC(C)(C)C)CC1c1ccccc1)CC2. The second-order valence-corrected chi connectivity index (χ2v) is 14.3. The number of imide groups is 1. The molecule has 1 spiro atoms. The number of hydrogen-bond acceptors (Lipinski definition) is 4. The van der Waals surface area contributed by atoms with Crippen LogP contribution in [-0.4, -0.2) is 88.8 Å². The maximum atomic E-state index is 13.8. The summed E-state index contributed by atoms with van der Waals surface area (Å²) in [6.07, 6.45) is 4.21. The van der Waals surface area contributed by atoms with Gasteiger partial charge in [-0.3, -0.25) is 14.5 Å². The van der Waals surface area contributed by atoms with Gasteiger partial charge in [-0.25, -0.2) is 4.79 Å². The topological polar surface area (TPSA) is 64.2 Å². The summed E-state index contributed by atoms with van der Waals surface area (Å²) >= 11 is 0. The molecule has 0 bridgehead atoms. The molecule has 0 N–H and O–H groups in total. The highest BCUT2D eigenvalue weighted by atomic mass is 16.2. The number of carbonyl (C=O) groups excluding carboxylic acids is 3. The minimum absolute atomic E-state index is 0.0287. The number of carbonyl (C=O) groups is 3. The molecule has 1 aromatic rings. The fourth-order valence-corrected chi connectivity index (χ4v) is 6.94. The molecule has 4 aliphatic rings. The highest BCUT2D eigenvalue weighted by Gasteiger charge is 2.58. The fraction of sp³-hybridized carbons (Fsp3) is 0.719. The van der Waals surface area contributed by atoms with Crippen LogP contribution in [-0.2, 0) is 9.59 Å². The minimum Gasteiger partial charge on any atom is -0.342 e. The van der Waals surface area contributed by atoms with Crippen LogP contribution in [0.4, 0.5) is 4.79 Å². The maximum absolute atomic E-state index is 13.8. The zero-order chi connectivity index (χ0) is 27.9. The van der Waals surface area contributed by atoms with Crippen LogP contribution >= 0.6 is 0 Å². The molecule has 0 radical (unpaired) electrons. The first kappa shape index (κ1) is 28.1. The number of hydrogen-bond donors (Lipinski definition) is 0. The van der Waals surface area contributed by atoms with E-state index in [4.69, 9.17) is 0 Å². The highest BCUT2D eigenvalue weighted by Crippen LogP contribution is 2.41. The van der Waals surface area contributed by atoms with Gasteiger partial charge in [0.05, 0.1) is 0 Å². The summed E-state index contributed by atoms with van der Waals surface area (Å²) in [6.45, 7) is 15.9. The summed E-state index contributed by atoms with van der Waals surface area (Å²) in [5.74, 6) is 1.77. The molecule has 4 fully saturated rings. The van der Waals surface area contributed by atoms with Crippen LogP contribution in [0.1, 0.15) is 78.2 Å². The average Bonchev–Trinajstić information content (AvgIpc) is 3.58. The van der Waals surface area contributed by atoms with Crippen LogP contribution in [0.15, 0.2) is 30.3 Å². The molecule has 3 heterocycles. The maximum Gasteiger partial charge on any atom is 0.327 e. The van der Waals surface area contributed by atoms with Crippen molar-refractivity contribution in [2.45, 2.75) is 78.2 Å². The number of benzene rings is 1. The Morgan fingerprint density at radius 2 is 1.67 bits per heavy atom. The van der Waals surface area contributed by atoms with Gasteiger partial charge < -0.3 is 14.7 Å². The highest BCUT2D eigenvalue weighted by molar-refractivity contribution is 6.07. The van der Waals surface area contributed by atoms with Gasteiger partial charge in [0, 0.05) is 58.2 Å². The van der Waals surface area contributed by atoms with E-state index in [-0.39, 0.29) is 23.3 Å². The van der Waals surface area contributed by atoms with Gasteiger partial charge in [-0.15, -0.1) is 0 Å². The van der Waals surface area contributed by atoms with Crippen LogP contribution in [0.2, 0.25) is 0 Å². The number of rotatable bonds is 8. The number of piperidine rings is 1. The van der Waals surface area contributed by atoms with Gasteiger partial charge in [-0.2, -0.15) is 0 Å². The van der Waals surface area contributed by atoms with Crippen molar-refractivity contribution in [1.29, 1.82) is 0 Å². The lowest BCUT2D eigenvalue weighted by molar-refractivity contribution is -0.136. The van der Waals surface area contributed by atoms with Gasteiger partial charge in [0.1, 0.15) is 5.54 Å². The van der Waals surface area contributed by atoms with Crippen LogP contribution in [0.5, 0.6) is 0 Å². The molecular weight excluding hydrogens is 488 g/mol. The van der Waals surface area contributed by atoms with Crippen LogP contribution < -0.4 is 0 Å². The van der Waals surface area contributed by atoms with Crippen molar-refractivity contribution in [3.05, 3.63) is 35.9 Å². The third kappa shape index (κ3) is 6.03. The number of urea groups is 1. The zero-order valence-electron chi connectivity index (χ0n) is 24.7. The smallest absolute Gasteiger partial charge is 0.327 e. The third-order valence-corrected chi connectivity index (χ3v) is 9.19. The van der Waals surface area contributed by atoms with Crippen molar-refractivity contribution in [3.63, 3.8) is 0 Å². The Hall–Kier alpha value is -2.41. The quantitative estimate of drug-likeness (QED) is 0.447. The van der Waals surface area contributed by atoms with E-state index in [0.717, 1.165) is 45.6 Å². The molecule has 2 unspecified atom stereocenters. The molecule has 1 saturated carbocycles. The summed E-state index contributed by atoms with van der Waals surface area (Å²) in [4.78, 5) is 48.4. The summed E-state index contributed by atoms with van der Waals surface area (Å²) in [7, 11) is 0. The Labute approximate surface area is 234 Å². The van der Waals surface area contributed by atoms with E-state index in [1.54, 1.807) is 4.90 Å². The van der Waals surface area contributed by atoms with E-state index in [9.17, 15) is 14.4 Å². The Morgan fingerprint density at radius 1 is 1.00 bits per heavy atom. The third-order valence-electron chi connectivity index (χ3n) is 9.19. The van der Waals surface area contributed by atoms with Crippen molar-refractivity contribution in [1.82, 2.24) is 19.6 Å². The van der Waals surface area contributed by atoms with E-state index >= 15 is 0 Å². The molecule has 7 nitrogen and oxygen atoms in total. The Balaban J connectivity index is 1.28. The zero-order valence-corrected chi connectivity index (χ0v) is 24.7. The fourth-order valence-electron chi connectivity index (χ4n) is 6.94. The van der Waals surface area contributed by atoms with Gasteiger partial charge in [0.15, 0.2) is 0 Å². The summed E-state index contributed by atoms with van der Waals surface area (Å²) in [5, 5.41) is 0. The molecule has 7 heteroatoms. The monoisotopic (exact) mass is 536 g/mol. The lowest BCUT2D eigenvalue weighted by Gasteiger charge is -2.43. The first-order valence-corrected chi connectivity index (χ1v) is 15.2. The molecule has 3 saturated heterocycles. The molecule has 39 heavy (non-hydrogen) atoms. The lowest BCUT2D eigenvalue weighted by atomic mass is 9.83. The Kier molecular flexibility index (Phi) is 7.84. The molecule has 1 aromatic carbocycles. The number of nitrogens with zero attached hydrogens (tertiary/aromatic N) is 4. The largest absolute Gasteiger partial charge is 0.342 e. The van der Waals surface area contributed by atoms with Crippen molar-refractivity contribution >= 4 is 17.8 Å². The number of amides is 4. The Morgan fingerprint density at radius 3 is 2.26 bits per heavy atom. The summed E-state index contributed by atoms with van der Waals surface area (Å²) < 4.78 is 0. The van der Waals surface area contributed by atoms with E-state index in [0.29, 0.717) is 56.0 Å². The van der Waals surface area contributed by atoms with Gasteiger partial charge in [-0.1, -0.05) is 65.0 Å². The lowest BCUT2D eigenvalue weighted by Crippen LogP contribution is -2.57. The summed E-state index contributed by atoms with van der Waals surface area (Å²) in [5.41, 5.74) is 0.590. The molecule has 2 atom stereocenters. The number of likely N-dealkylation sites (tertiary alicyclic amines) is 2. The van der Waals surface area contributed by atoms with Crippen molar-refractivity contribution in [2.24, 2.45) is 23.2 Å². The summed E-state index contributed by atoms with van der Waals surface area (Å²) in [6, 6.07) is 10.6. The average molecular weight is 537 g/mol. The van der Waals surface area contributed by atoms with Crippen LogP contribution in [0.3, 0.4) is 0 Å². The van der Waals surface area contributed by atoms with Crippen molar-refractivity contribution in [3.8, 4) is 0 Å². The van der Waals surface area contributed by atoms with Crippen LogP contribution in [0, 0.1) is 23.2 Å². The first-order chi connectivity index (χ1) is 18.5. The molecular formula is C32H48N4O3. The molecule has 214 valence electrons. The molecule has 3 aliphatic heterocycles. The van der Waals surface area contributed by atoms with Gasteiger partial charge in [0.25, 0.3) is 5.91 Å². The van der Waals surface area contributed by atoms with E-state index in [2.05, 4.69) is 74.8 Å². The molecule has 5 rings (SSSR count). The predicted octanol–water partition coefficient (Wildman–Crippen LogP) is 4.83. The van der Waals surface area contributed by atoms with Gasteiger partial charge in [-0.05, 0) is 54.4 Å². The molecule has 4 amide bonds. The first-order valence-electron chi connectivity index (χ1n) is 15.2. The second kappa shape index (κ2) is 10.9. The second-order valence-electron chi connectivity index (χ2n) is 14.3.